The lowest BCUT2D eigenvalue weighted by atomic mass is 9.87. The predicted molar refractivity (Wildman–Crippen MR) is 68.6 cm³/mol. The van der Waals surface area contributed by atoms with Crippen molar-refractivity contribution in [2.45, 2.75) is 39.0 Å². The Balaban J connectivity index is 0.00000162. The largest absolute Gasteiger partial charge is 0.323 e. The highest BCUT2D eigenvalue weighted by molar-refractivity contribution is 5.94. The summed E-state index contributed by atoms with van der Waals surface area (Å²) >= 11 is 0. The molecule has 1 saturated carbocycles. The van der Waals surface area contributed by atoms with Gasteiger partial charge in [-0.25, -0.2) is 4.39 Å². The van der Waals surface area contributed by atoms with E-state index in [1.165, 1.54) is 6.07 Å². The lowest BCUT2D eigenvalue weighted by Crippen LogP contribution is -2.16. The van der Waals surface area contributed by atoms with Crippen LogP contribution in [0.4, 0.5) is 10.1 Å². The van der Waals surface area contributed by atoms with Crippen LogP contribution in [-0.2, 0) is 10.2 Å². The van der Waals surface area contributed by atoms with Crippen molar-refractivity contribution in [3.63, 3.8) is 0 Å². The van der Waals surface area contributed by atoms with Crippen LogP contribution in [0.15, 0.2) is 18.2 Å². The minimum atomic E-state index is -0.369. The average molecular weight is 237 g/mol. The molecule has 0 aliphatic heterocycles. The first kappa shape index (κ1) is 12.1. The van der Waals surface area contributed by atoms with Crippen LogP contribution in [0.3, 0.4) is 0 Å². The maximum atomic E-state index is 13.6. The number of carbonyl (C=O) groups excluding carboxylic acids is 1. The Labute approximate surface area is 103 Å². The fourth-order valence-corrected chi connectivity index (χ4v) is 1.67. The van der Waals surface area contributed by atoms with Gasteiger partial charge in [0.25, 0.3) is 0 Å². The van der Waals surface area contributed by atoms with Crippen LogP contribution >= 0.6 is 0 Å². The molecule has 1 aliphatic carbocycles. The molecule has 0 spiro atoms. The number of nitrogens with one attached hydrogen (secondary N) is 1. The molecule has 0 heterocycles. The smallest absolute Gasteiger partial charge is 0.227 e. The number of carbonyl (C=O) groups is 1. The SMILES string of the molecule is CC(C)(C)c1ccc(F)c(NC(=O)C2CC2)c1.[HH]. The summed E-state index contributed by atoms with van der Waals surface area (Å²) in [6.45, 7) is 6.19. The Kier molecular flexibility index (Phi) is 2.94. The zero-order valence-electron chi connectivity index (χ0n) is 10.5. The highest BCUT2D eigenvalue weighted by Crippen LogP contribution is 2.31. The van der Waals surface area contributed by atoms with E-state index in [-0.39, 0.29) is 24.5 Å². The van der Waals surface area contributed by atoms with Crippen LogP contribution in [0.2, 0.25) is 0 Å². The third-order valence-electron chi connectivity index (χ3n) is 3.04. The van der Waals surface area contributed by atoms with Crippen molar-refractivity contribution < 1.29 is 10.6 Å². The minimum absolute atomic E-state index is 0. The molecule has 0 unspecified atom stereocenters. The molecule has 1 N–H and O–H groups in total. The van der Waals surface area contributed by atoms with Crippen LogP contribution in [0.1, 0.15) is 40.6 Å². The van der Waals surface area contributed by atoms with E-state index in [4.69, 9.17) is 0 Å². The summed E-state index contributed by atoms with van der Waals surface area (Å²) in [5.74, 6) is -0.338. The number of rotatable bonds is 2. The van der Waals surface area contributed by atoms with Crippen LogP contribution in [0, 0.1) is 11.7 Å². The Morgan fingerprint density at radius 1 is 1.41 bits per heavy atom. The Morgan fingerprint density at radius 3 is 2.59 bits per heavy atom. The van der Waals surface area contributed by atoms with E-state index in [9.17, 15) is 9.18 Å². The molecule has 0 aromatic heterocycles. The van der Waals surface area contributed by atoms with Gasteiger partial charge >= 0.3 is 0 Å². The molecular formula is C14H20FNO. The topological polar surface area (TPSA) is 29.1 Å². The summed E-state index contributed by atoms with van der Waals surface area (Å²) in [6.07, 6.45) is 1.85. The van der Waals surface area contributed by atoms with Crippen molar-refractivity contribution in [2.24, 2.45) is 5.92 Å². The molecule has 0 bridgehead atoms. The van der Waals surface area contributed by atoms with Gasteiger partial charge in [-0.2, -0.15) is 0 Å². The third kappa shape index (κ3) is 2.84. The molecule has 1 aromatic rings. The van der Waals surface area contributed by atoms with Gasteiger partial charge in [0.15, 0.2) is 0 Å². The fraction of sp³-hybridized carbons (Fsp3) is 0.500. The molecule has 0 radical (unpaired) electrons. The normalized spacial score (nSPS) is 15.8. The second-order valence-corrected chi connectivity index (χ2v) is 5.71. The second kappa shape index (κ2) is 4.13. The maximum Gasteiger partial charge on any atom is 0.227 e. The zero-order valence-corrected chi connectivity index (χ0v) is 10.5. The number of amides is 1. The van der Waals surface area contributed by atoms with Gasteiger partial charge in [0.2, 0.25) is 5.91 Å². The standard InChI is InChI=1S/C14H18FNO.H2/c1-14(2,3)10-6-7-11(15)12(8-10)16-13(17)9-4-5-9;/h6-9H,4-5H2,1-3H3,(H,16,17);1H. The molecule has 17 heavy (non-hydrogen) atoms. The van der Waals surface area contributed by atoms with Crippen LogP contribution < -0.4 is 5.32 Å². The average Bonchev–Trinajstić information content (AvgIpc) is 3.02. The van der Waals surface area contributed by atoms with E-state index in [1.54, 1.807) is 12.1 Å². The van der Waals surface area contributed by atoms with Crippen LogP contribution in [0.25, 0.3) is 0 Å². The van der Waals surface area contributed by atoms with Crippen LogP contribution in [-0.4, -0.2) is 5.91 Å². The van der Waals surface area contributed by atoms with Crippen molar-refractivity contribution in [2.75, 3.05) is 5.32 Å². The van der Waals surface area contributed by atoms with Gasteiger partial charge in [0.05, 0.1) is 5.69 Å². The molecule has 1 amide bonds. The lowest BCUT2D eigenvalue weighted by molar-refractivity contribution is -0.117. The summed E-state index contributed by atoms with van der Waals surface area (Å²) in [7, 11) is 0. The van der Waals surface area contributed by atoms with E-state index in [2.05, 4.69) is 26.1 Å². The van der Waals surface area contributed by atoms with Gasteiger partial charge in [0, 0.05) is 7.34 Å². The highest BCUT2D eigenvalue weighted by Gasteiger charge is 2.30. The first-order valence-electron chi connectivity index (χ1n) is 5.99. The van der Waals surface area contributed by atoms with Crippen molar-refractivity contribution in [3.8, 4) is 0 Å². The summed E-state index contributed by atoms with van der Waals surface area (Å²) in [5, 5.41) is 2.67. The van der Waals surface area contributed by atoms with Gasteiger partial charge in [-0.1, -0.05) is 26.8 Å². The quantitative estimate of drug-likeness (QED) is 0.834. The Bertz CT molecular complexity index is 450. The molecular weight excluding hydrogens is 217 g/mol. The minimum Gasteiger partial charge on any atom is -0.323 e. The van der Waals surface area contributed by atoms with E-state index in [1.807, 2.05) is 0 Å². The summed E-state index contributed by atoms with van der Waals surface area (Å²) in [4.78, 5) is 11.6. The second-order valence-electron chi connectivity index (χ2n) is 5.71. The molecule has 2 rings (SSSR count). The van der Waals surface area contributed by atoms with Crippen LogP contribution in [0.5, 0.6) is 0 Å². The van der Waals surface area contributed by atoms with Crippen molar-refractivity contribution in [1.29, 1.82) is 0 Å². The Morgan fingerprint density at radius 2 is 2.06 bits per heavy atom. The van der Waals surface area contributed by atoms with Gasteiger partial charge in [0.1, 0.15) is 5.82 Å². The summed E-state index contributed by atoms with van der Waals surface area (Å²) in [5.41, 5.74) is 1.27. The van der Waals surface area contributed by atoms with E-state index in [0.29, 0.717) is 5.69 Å². The Hall–Kier alpha value is -1.38. The zero-order chi connectivity index (χ0) is 12.6. The molecule has 94 valence electrons. The van der Waals surface area contributed by atoms with Gasteiger partial charge in [-0.05, 0) is 36.0 Å². The van der Waals surface area contributed by atoms with Gasteiger partial charge in [-0.3, -0.25) is 4.79 Å². The highest BCUT2D eigenvalue weighted by atomic mass is 19.1. The first-order chi connectivity index (χ1) is 7.88. The third-order valence-corrected chi connectivity index (χ3v) is 3.04. The molecule has 3 heteroatoms. The maximum absolute atomic E-state index is 13.6. The van der Waals surface area contributed by atoms with Gasteiger partial charge < -0.3 is 5.32 Å². The number of benzene rings is 1. The summed E-state index contributed by atoms with van der Waals surface area (Å²) in [6, 6.07) is 4.92. The first-order valence-corrected chi connectivity index (χ1v) is 5.99. The monoisotopic (exact) mass is 237 g/mol. The van der Waals surface area contributed by atoms with Crippen molar-refractivity contribution in [1.82, 2.24) is 0 Å². The fourth-order valence-electron chi connectivity index (χ4n) is 1.67. The van der Waals surface area contributed by atoms with Gasteiger partial charge in [-0.15, -0.1) is 0 Å². The predicted octanol–water partition coefficient (Wildman–Crippen LogP) is 3.72. The molecule has 2 nitrogen and oxygen atoms in total. The molecule has 1 aliphatic rings. The molecule has 1 aromatic carbocycles. The van der Waals surface area contributed by atoms with E-state index < -0.39 is 0 Å². The number of halogens is 1. The molecule has 0 saturated heterocycles. The lowest BCUT2D eigenvalue weighted by Gasteiger charge is -2.20. The van der Waals surface area contributed by atoms with E-state index >= 15 is 0 Å². The number of hydrogen-bond donors (Lipinski definition) is 1. The number of anilines is 1. The van der Waals surface area contributed by atoms with Crippen molar-refractivity contribution in [3.05, 3.63) is 29.6 Å². The molecule has 0 atom stereocenters. The molecule has 1 fully saturated rings. The number of hydrogen-bond acceptors (Lipinski definition) is 1. The van der Waals surface area contributed by atoms with Crippen molar-refractivity contribution >= 4 is 11.6 Å². The van der Waals surface area contributed by atoms with E-state index in [0.717, 1.165) is 18.4 Å². The summed E-state index contributed by atoms with van der Waals surface area (Å²) < 4.78 is 13.6.